The Hall–Kier alpha value is -1.99. The molecule has 4 nitrogen and oxygen atoms in total. The Morgan fingerprint density at radius 1 is 1.28 bits per heavy atom. The van der Waals surface area contributed by atoms with E-state index in [9.17, 15) is 22.0 Å². The second-order valence-electron chi connectivity index (χ2n) is 5.80. The maximum atomic E-state index is 14.3. The molecule has 0 spiro atoms. The molecule has 0 fully saturated rings. The van der Waals surface area contributed by atoms with Crippen LogP contribution in [-0.2, 0) is 16.3 Å². The van der Waals surface area contributed by atoms with Gasteiger partial charge in [0.05, 0.1) is 4.90 Å². The predicted octanol–water partition coefficient (Wildman–Crippen LogP) is 3.85. The third-order valence-corrected chi connectivity index (χ3v) is 5.19. The normalized spacial score (nSPS) is 19.8. The lowest BCUT2D eigenvalue weighted by Gasteiger charge is -2.12. The molecule has 2 aromatic rings. The molecule has 0 N–H and O–H groups in total. The van der Waals surface area contributed by atoms with E-state index in [1.165, 1.54) is 18.2 Å². The van der Waals surface area contributed by atoms with E-state index in [1.807, 2.05) is 0 Å². The van der Waals surface area contributed by atoms with Gasteiger partial charge in [-0.2, -0.15) is 0 Å². The summed E-state index contributed by atoms with van der Waals surface area (Å²) in [6.07, 6.45) is 0.360. The number of benzene rings is 2. The lowest BCUT2D eigenvalue weighted by molar-refractivity contribution is 0.0852. The van der Waals surface area contributed by atoms with E-state index in [0.29, 0.717) is 5.56 Å². The van der Waals surface area contributed by atoms with Gasteiger partial charge in [-0.05, 0) is 36.8 Å². The van der Waals surface area contributed by atoms with Crippen LogP contribution in [0.25, 0.3) is 0 Å². The number of carbonyl (C=O) groups excluding carboxylic acids is 1. The second-order valence-corrected chi connectivity index (χ2v) is 8.38. The van der Waals surface area contributed by atoms with Crippen molar-refractivity contribution in [3.05, 3.63) is 59.8 Å². The summed E-state index contributed by atoms with van der Waals surface area (Å²) in [5.41, 5.74) is 0.0525. The third kappa shape index (κ3) is 3.26. The number of sulfone groups is 1. The lowest BCUT2D eigenvalue weighted by atomic mass is 10.1. The predicted molar refractivity (Wildman–Crippen MR) is 88.2 cm³/mol. The quantitative estimate of drug-likeness (QED) is 0.753. The van der Waals surface area contributed by atoms with Gasteiger partial charge in [0.2, 0.25) is 10.9 Å². The second kappa shape index (κ2) is 5.78. The number of hydrogen-bond donors (Lipinski definition) is 0. The van der Waals surface area contributed by atoms with Crippen molar-refractivity contribution in [2.45, 2.75) is 16.4 Å². The molecule has 1 aliphatic carbocycles. The minimum absolute atomic E-state index is 0.0281. The Balaban J connectivity index is 2.17. The van der Waals surface area contributed by atoms with Gasteiger partial charge < -0.3 is 4.74 Å². The van der Waals surface area contributed by atoms with Gasteiger partial charge >= 0.3 is 0 Å². The number of alkyl halides is 2. The van der Waals surface area contributed by atoms with Crippen molar-refractivity contribution in [3.8, 4) is 11.5 Å². The van der Waals surface area contributed by atoms with Crippen LogP contribution in [0.4, 0.5) is 8.78 Å². The average Bonchev–Trinajstić information content (AvgIpc) is 2.68. The maximum absolute atomic E-state index is 14.3. The van der Waals surface area contributed by atoms with E-state index in [1.54, 1.807) is 0 Å². The Morgan fingerprint density at radius 2 is 1.96 bits per heavy atom. The summed E-state index contributed by atoms with van der Waals surface area (Å²) in [4.78, 5) is 11.9. The monoisotopic (exact) mass is 385 g/mol. The number of rotatable bonds is 3. The highest BCUT2D eigenvalue weighted by molar-refractivity contribution is 7.90. The first-order valence-corrected chi connectivity index (χ1v) is 9.35. The zero-order valence-corrected chi connectivity index (χ0v) is 14.5. The zero-order valence-electron chi connectivity index (χ0n) is 13.0. The molecule has 0 amide bonds. The van der Waals surface area contributed by atoms with Crippen LogP contribution in [0, 0.1) is 12.7 Å². The molecule has 0 aliphatic heterocycles. The largest absolute Gasteiger partial charge is 0.457 e. The van der Waals surface area contributed by atoms with Gasteiger partial charge in [0.15, 0.2) is 9.84 Å². The number of carbonyl (C=O) groups is 1. The topological polar surface area (TPSA) is 60.4 Å². The maximum Gasteiger partial charge on any atom is 0.250 e. The van der Waals surface area contributed by atoms with E-state index in [0.717, 1.165) is 18.4 Å². The van der Waals surface area contributed by atoms with Crippen LogP contribution in [0.5, 0.6) is 11.5 Å². The zero-order chi connectivity index (χ0) is 18.6. The van der Waals surface area contributed by atoms with E-state index >= 15 is 0 Å². The molecule has 1 aliphatic rings. The molecule has 131 valence electrons. The Labute approximate surface area is 148 Å². The van der Waals surface area contributed by atoms with E-state index in [2.05, 4.69) is 6.92 Å². The fraction of sp³-hybridized carbons (Fsp3) is 0.176. The summed E-state index contributed by atoms with van der Waals surface area (Å²) >= 11 is 5.59. The highest BCUT2D eigenvalue weighted by Crippen LogP contribution is 2.44. The van der Waals surface area contributed by atoms with E-state index in [4.69, 9.17) is 16.3 Å². The van der Waals surface area contributed by atoms with Crippen molar-refractivity contribution in [2.75, 3.05) is 6.26 Å². The van der Waals surface area contributed by atoms with Crippen LogP contribution >= 0.6 is 11.6 Å². The van der Waals surface area contributed by atoms with Crippen molar-refractivity contribution in [1.29, 1.82) is 0 Å². The molecule has 0 aromatic heterocycles. The first-order valence-electron chi connectivity index (χ1n) is 7.08. The number of fused-ring (bicyclic) bond motifs is 1. The molecule has 0 saturated carbocycles. The molecular formula is C17H12ClF2O4S. The first kappa shape index (κ1) is 17.8. The Morgan fingerprint density at radius 3 is 2.56 bits per heavy atom. The summed E-state index contributed by atoms with van der Waals surface area (Å²) in [5.74, 6) is -1.61. The smallest absolute Gasteiger partial charge is 0.250 e. The fourth-order valence-corrected chi connectivity index (χ4v) is 3.86. The highest BCUT2D eigenvalue weighted by Gasteiger charge is 2.48. The highest BCUT2D eigenvalue weighted by atomic mass is 35.5. The number of hydrogen-bond acceptors (Lipinski definition) is 4. The SMILES string of the molecule is [CH2]c1cc(F)cc(Oc2ccc(S(C)(=O)=O)c3c2CC(F)(Cl)C3=O)c1. The van der Waals surface area contributed by atoms with Gasteiger partial charge in [-0.25, -0.2) is 17.2 Å². The standard InChI is InChI=1S/C17H12ClF2O4S/c1-9-5-10(19)7-11(6-9)24-13-3-4-14(25(2,22)23)15-12(13)8-17(18,20)16(15)21/h3-7H,1,8H2,2H3. The Kier molecular flexibility index (Phi) is 4.12. The van der Waals surface area contributed by atoms with E-state index in [-0.39, 0.29) is 27.5 Å². The summed E-state index contributed by atoms with van der Waals surface area (Å²) in [6, 6.07) is 6.16. The Bertz CT molecular complexity index is 980. The molecule has 3 rings (SSSR count). The number of ketones is 1. The van der Waals surface area contributed by atoms with Crippen LogP contribution in [0.2, 0.25) is 0 Å². The fourth-order valence-electron chi connectivity index (χ4n) is 2.73. The van der Waals surface area contributed by atoms with Gasteiger partial charge in [0.1, 0.15) is 17.3 Å². The van der Waals surface area contributed by atoms with Crippen LogP contribution in [0.15, 0.2) is 35.2 Å². The molecule has 1 unspecified atom stereocenters. The summed E-state index contributed by atoms with van der Waals surface area (Å²) in [5, 5.41) is -2.75. The summed E-state index contributed by atoms with van der Waals surface area (Å²) < 4.78 is 57.1. The van der Waals surface area contributed by atoms with Crippen molar-refractivity contribution in [2.24, 2.45) is 0 Å². The van der Waals surface area contributed by atoms with Gasteiger partial charge in [-0.1, -0.05) is 11.6 Å². The molecule has 0 heterocycles. The molecule has 0 saturated heterocycles. The van der Waals surface area contributed by atoms with Crippen LogP contribution < -0.4 is 4.74 Å². The van der Waals surface area contributed by atoms with E-state index < -0.39 is 33.0 Å². The molecule has 2 aromatic carbocycles. The minimum atomic E-state index is -3.79. The van der Waals surface area contributed by atoms with Crippen LogP contribution in [0.3, 0.4) is 0 Å². The first-order chi connectivity index (χ1) is 11.5. The van der Waals surface area contributed by atoms with Crippen molar-refractivity contribution in [1.82, 2.24) is 0 Å². The lowest BCUT2D eigenvalue weighted by Crippen LogP contribution is -2.23. The third-order valence-electron chi connectivity index (χ3n) is 3.75. The number of halogens is 3. The van der Waals surface area contributed by atoms with Crippen LogP contribution in [-0.4, -0.2) is 25.6 Å². The van der Waals surface area contributed by atoms with Gasteiger partial charge in [-0.15, -0.1) is 0 Å². The summed E-state index contributed by atoms with van der Waals surface area (Å²) in [6.45, 7) is 3.60. The van der Waals surface area contributed by atoms with Crippen LogP contribution in [0.1, 0.15) is 21.5 Å². The van der Waals surface area contributed by atoms with Crippen molar-refractivity contribution >= 4 is 27.2 Å². The number of Topliss-reactive ketones (excluding diaryl/α,β-unsaturated/α-hetero) is 1. The minimum Gasteiger partial charge on any atom is -0.457 e. The molecule has 1 atom stereocenters. The molecule has 0 bridgehead atoms. The van der Waals surface area contributed by atoms with Crippen molar-refractivity contribution < 1.29 is 26.7 Å². The van der Waals surface area contributed by atoms with Gasteiger partial charge in [0.25, 0.3) is 0 Å². The molecule has 1 radical (unpaired) electrons. The molecular weight excluding hydrogens is 374 g/mol. The molecule has 25 heavy (non-hydrogen) atoms. The van der Waals surface area contributed by atoms with Gasteiger partial charge in [-0.3, -0.25) is 4.79 Å². The molecule has 8 heteroatoms. The number of ether oxygens (including phenoxy) is 1. The average molecular weight is 386 g/mol. The van der Waals surface area contributed by atoms with Gasteiger partial charge in [0, 0.05) is 29.9 Å². The summed E-state index contributed by atoms with van der Waals surface area (Å²) in [7, 11) is -3.79. The van der Waals surface area contributed by atoms with Crippen molar-refractivity contribution in [3.63, 3.8) is 0 Å².